The molecule has 1 unspecified atom stereocenters. The predicted octanol–water partition coefficient (Wildman–Crippen LogP) is 1.85. The summed E-state index contributed by atoms with van der Waals surface area (Å²) in [5, 5.41) is 6.09. The maximum atomic E-state index is 11.8. The molecule has 0 bridgehead atoms. The van der Waals surface area contributed by atoms with Crippen LogP contribution in [-0.2, 0) is 9.53 Å². The highest BCUT2D eigenvalue weighted by Gasteiger charge is 2.11. The Morgan fingerprint density at radius 2 is 1.95 bits per heavy atom. The first-order chi connectivity index (χ1) is 10.2. The quantitative estimate of drug-likeness (QED) is 0.840. The van der Waals surface area contributed by atoms with Crippen LogP contribution in [0.5, 0.6) is 0 Å². The molecule has 1 fully saturated rings. The third-order valence-electron chi connectivity index (χ3n) is 3.75. The molecule has 1 atom stereocenters. The first-order valence-electron chi connectivity index (χ1n) is 7.65. The van der Waals surface area contributed by atoms with E-state index in [9.17, 15) is 4.79 Å². The molecule has 0 spiro atoms. The van der Waals surface area contributed by atoms with Crippen molar-refractivity contribution < 1.29 is 9.53 Å². The third kappa shape index (κ3) is 5.02. The van der Waals surface area contributed by atoms with Crippen LogP contribution in [0.15, 0.2) is 24.3 Å². The lowest BCUT2D eigenvalue weighted by molar-refractivity contribution is -0.115. The summed E-state index contributed by atoms with van der Waals surface area (Å²) in [4.78, 5) is 14.1. The van der Waals surface area contributed by atoms with Gasteiger partial charge in [-0.3, -0.25) is 4.79 Å². The number of carbonyl (C=O) groups excluding carboxylic acids is 1. The minimum atomic E-state index is -0.00516. The molecule has 0 saturated carbocycles. The van der Waals surface area contributed by atoms with Crippen LogP contribution < -0.4 is 15.5 Å². The smallest absolute Gasteiger partial charge is 0.238 e. The maximum Gasteiger partial charge on any atom is 0.238 e. The molecule has 0 aromatic heterocycles. The van der Waals surface area contributed by atoms with Crippen molar-refractivity contribution in [2.24, 2.45) is 0 Å². The number of anilines is 2. The zero-order valence-corrected chi connectivity index (χ0v) is 12.9. The molecule has 1 heterocycles. The summed E-state index contributed by atoms with van der Waals surface area (Å²) in [6.07, 6.45) is 1.02. The Morgan fingerprint density at radius 3 is 2.57 bits per heavy atom. The molecule has 5 heteroatoms. The minimum Gasteiger partial charge on any atom is -0.378 e. The Hall–Kier alpha value is -1.59. The van der Waals surface area contributed by atoms with Crippen molar-refractivity contribution in [2.75, 3.05) is 43.1 Å². The average molecular weight is 291 g/mol. The van der Waals surface area contributed by atoms with Crippen molar-refractivity contribution in [3.05, 3.63) is 24.3 Å². The van der Waals surface area contributed by atoms with Gasteiger partial charge in [-0.05, 0) is 37.6 Å². The van der Waals surface area contributed by atoms with Gasteiger partial charge in [0.15, 0.2) is 0 Å². The molecule has 0 radical (unpaired) electrons. The van der Waals surface area contributed by atoms with Gasteiger partial charge in [-0.2, -0.15) is 0 Å². The standard InChI is InChI=1S/C16H25N3O2/c1-3-13(2)17-12-16(20)18-14-4-6-15(7-5-14)19-8-10-21-11-9-19/h4-7,13,17H,3,8-12H2,1-2H3,(H,18,20). The summed E-state index contributed by atoms with van der Waals surface area (Å²) < 4.78 is 5.35. The van der Waals surface area contributed by atoms with Gasteiger partial charge < -0.3 is 20.3 Å². The fourth-order valence-corrected chi connectivity index (χ4v) is 2.19. The monoisotopic (exact) mass is 291 g/mol. The van der Waals surface area contributed by atoms with Crippen LogP contribution in [0.1, 0.15) is 20.3 Å². The third-order valence-corrected chi connectivity index (χ3v) is 3.75. The second kappa shape index (κ2) is 8.00. The first-order valence-corrected chi connectivity index (χ1v) is 7.65. The van der Waals surface area contributed by atoms with Crippen LogP contribution in [0.3, 0.4) is 0 Å². The number of benzene rings is 1. The van der Waals surface area contributed by atoms with Crippen molar-refractivity contribution in [1.82, 2.24) is 5.32 Å². The summed E-state index contributed by atoms with van der Waals surface area (Å²) in [6, 6.07) is 8.35. The molecule has 1 aliphatic heterocycles. The summed E-state index contributed by atoms with van der Waals surface area (Å²) in [7, 11) is 0. The Balaban J connectivity index is 1.82. The predicted molar refractivity (Wildman–Crippen MR) is 85.9 cm³/mol. The van der Waals surface area contributed by atoms with Crippen LogP contribution in [0.4, 0.5) is 11.4 Å². The highest BCUT2D eigenvalue weighted by molar-refractivity contribution is 5.92. The normalized spacial score (nSPS) is 16.6. The van der Waals surface area contributed by atoms with E-state index in [4.69, 9.17) is 4.74 Å². The van der Waals surface area contributed by atoms with E-state index in [0.717, 1.165) is 38.4 Å². The van der Waals surface area contributed by atoms with Gasteiger partial charge >= 0.3 is 0 Å². The molecule has 21 heavy (non-hydrogen) atoms. The van der Waals surface area contributed by atoms with Gasteiger partial charge in [0.2, 0.25) is 5.91 Å². The topological polar surface area (TPSA) is 53.6 Å². The molecule has 2 N–H and O–H groups in total. The highest BCUT2D eigenvalue weighted by Crippen LogP contribution is 2.18. The molecule has 5 nitrogen and oxygen atoms in total. The van der Waals surface area contributed by atoms with Gasteiger partial charge in [0.1, 0.15) is 0 Å². The molecular weight excluding hydrogens is 266 g/mol. The van der Waals surface area contributed by atoms with Gasteiger partial charge in [-0.1, -0.05) is 6.92 Å². The Labute approximate surface area is 126 Å². The van der Waals surface area contributed by atoms with Crippen molar-refractivity contribution in [3.8, 4) is 0 Å². The summed E-state index contributed by atoms with van der Waals surface area (Å²) >= 11 is 0. The number of amides is 1. The molecule has 0 aliphatic carbocycles. The first kappa shape index (κ1) is 15.8. The molecular formula is C16H25N3O2. The highest BCUT2D eigenvalue weighted by atomic mass is 16.5. The SMILES string of the molecule is CCC(C)NCC(=O)Nc1ccc(N2CCOCC2)cc1. The minimum absolute atomic E-state index is 0.00516. The van der Waals surface area contributed by atoms with Crippen molar-refractivity contribution in [3.63, 3.8) is 0 Å². The molecule has 116 valence electrons. The number of nitrogens with zero attached hydrogens (tertiary/aromatic N) is 1. The lowest BCUT2D eigenvalue weighted by Crippen LogP contribution is -2.36. The molecule has 1 amide bonds. The van der Waals surface area contributed by atoms with Gasteiger partial charge in [-0.15, -0.1) is 0 Å². The molecule has 2 rings (SSSR count). The fraction of sp³-hybridized carbons (Fsp3) is 0.562. The van der Waals surface area contributed by atoms with E-state index >= 15 is 0 Å². The van der Waals surface area contributed by atoms with E-state index in [1.165, 1.54) is 5.69 Å². The summed E-state index contributed by atoms with van der Waals surface area (Å²) in [6.45, 7) is 7.92. The van der Waals surface area contributed by atoms with Gasteiger partial charge in [-0.25, -0.2) is 0 Å². The van der Waals surface area contributed by atoms with Gasteiger partial charge in [0, 0.05) is 30.5 Å². The molecule has 1 aromatic rings. The van der Waals surface area contributed by atoms with Crippen molar-refractivity contribution in [2.45, 2.75) is 26.3 Å². The second-order valence-electron chi connectivity index (χ2n) is 5.38. The van der Waals surface area contributed by atoms with Crippen LogP contribution in [0, 0.1) is 0 Å². The van der Waals surface area contributed by atoms with Gasteiger partial charge in [0.05, 0.1) is 19.8 Å². The maximum absolute atomic E-state index is 11.8. The molecule has 1 aromatic carbocycles. The molecule has 1 saturated heterocycles. The molecule has 1 aliphatic rings. The summed E-state index contributed by atoms with van der Waals surface area (Å²) in [5.74, 6) is -0.00516. The van der Waals surface area contributed by atoms with E-state index in [0.29, 0.717) is 12.6 Å². The van der Waals surface area contributed by atoms with Crippen LogP contribution in [0.2, 0.25) is 0 Å². The van der Waals surface area contributed by atoms with E-state index in [2.05, 4.69) is 29.4 Å². The van der Waals surface area contributed by atoms with Crippen LogP contribution in [-0.4, -0.2) is 44.8 Å². The lowest BCUT2D eigenvalue weighted by atomic mass is 10.2. The number of carbonyl (C=O) groups is 1. The Morgan fingerprint density at radius 1 is 1.29 bits per heavy atom. The second-order valence-corrected chi connectivity index (χ2v) is 5.38. The number of morpholine rings is 1. The van der Waals surface area contributed by atoms with E-state index in [-0.39, 0.29) is 5.91 Å². The van der Waals surface area contributed by atoms with Crippen LogP contribution >= 0.6 is 0 Å². The van der Waals surface area contributed by atoms with Gasteiger partial charge in [0.25, 0.3) is 0 Å². The van der Waals surface area contributed by atoms with Crippen LogP contribution in [0.25, 0.3) is 0 Å². The zero-order valence-electron chi connectivity index (χ0n) is 12.9. The number of hydrogen-bond donors (Lipinski definition) is 2. The number of hydrogen-bond acceptors (Lipinski definition) is 4. The van der Waals surface area contributed by atoms with E-state index in [1.807, 2.05) is 24.3 Å². The summed E-state index contributed by atoms with van der Waals surface area (Å²) in [5.41, 5.74) is 2.01. The fourth-order valence-electron chi connectivity index (χ4n) is 2.19. The zero-order chi connectivity index (χ0) is 15.1. The van der Waals surface area contributed by atoms with E-state index < -0.39 is 0 Å². The van der Waals surface area contributed by atoms with Crippen molar-refractivity contribution >= 4 is 17.3 Å². The number of rotatable bonds is 6. The average Bonchev–Trinajstić information content (AvgIpc) is 2.54. The Bertz CT molecular complexity index is 441. The van der Waals surface area contributed by atoms with E-state index in [1.54, 1.807) is 0 Å². The number of nitrogens with one attached hydrogen (secondary N) is 2. The number of ether oxygens (including phenoxy) is 1. The largest absolute Gasteiger partial charge is 0.378 e. The van der Waals surface area contributed by atoms with Crippen molar-refractivity contribution in [1.29, 1.82) is 0 Å². The Kier molecular flexibility index (Phi) is 6.02. The lowest BCUT2D eigenvalue weighted by Gasteiger charge is -2.28.